The molecule has 1 N–H and O–H groups in total. The number of rotatable bonds is 5. The first kappa shape index (κ1) is 10.9. The molecule has 0 atom stereocenters. The Kier molecular flexibility index (Phi) is 4.32. The molecule has 1 aromatic heterocycles. The number of hydrogen-bond donors (Lipinski definition) is 1. The minimum atomic E-state index is -0.925. The maximum Gasteiger partial charge on any atom is 0.328 e. The van der Waals surface area contributed by atoms with Gasteiger partial charge in [-0.3, -0.25) is 0 Å². The number of carboxylic acids is 1. The second-order valence-electron chi connectivity index (χ2n) is 2.67. The number of furan rings is 1. The van der Waals surface area contributed by atoms with E-state index in [2.05, 4.69) is 0 Å². The van der Waals surface area contributed by atoms with Crippen LogP contribution in [0.3, 0.4) is 0 Å². The van der Waals surface area contributed by atoms with Crippen LogP contribution >= 0.6 is 11.8 Å². The molecule has 0 radical (unpaired) electrons. The van der Waals surface area contributed by atoms with Gasteiger partial charge in [0, 0.05) is 12.5 Å². The van der Waals surface area contributed by atoms with E-state index in [-0.39, 0.29) is 0 Å². The summed E-state index contributed by atoms with van der Waals surface area (Å²) >= 11 is 1.40. The highest BCUT2D eigenvalue weighted by atomic mass is 32.2. The molecule has 0 bridgehead atoms. The van der Waals surface area contributed by atoms with Gasteiger partial charge in [-0.2, -0.15) is 0 Å². The van der Waals surface area contributed by atoms with Gasteiger partial charge in [-0.05, 0) is 17.5 Å². The molecule has 0 aromatic carbocycles. The quantitative estimate of drug-likeness (QED) is 0.762. The van der Waals surface area contributed by atoms with Gasteiger partial charge in [0.05, 0.1) is 5.75 Å². The molecular weight excluding hydrogens is 200 g/mol. The summed E-state index contributed by atoms with van der Waals surface area (Å²) < 4.78 is 5.44. The van der Waals surface area contributed by atoms with Crippen LogP contribution in [0.5, 0.6) is 0 Å². The van der Waals surface area contributed by atoms with Gasteiger partial charge in [-0.25, -0.2) is 4.79 Å². The SMILES string of the molecule is CCc1ccc(CS/C=C/C(=O)O)o1. The van der Waals surface area contributed by atoms with Gasteiger partial charge in [-0.15, -0.1) is 11.8 Å². The van der Waals surface area contributed by atoms with Crippen molar-refractivity contribution in [2.24, 2.45) is 0 Å². The molecule has 0 amide bonds. The van der Waals surface area contributed by atoms with E-state index in [0.717, 1.165) is 24.0 Å². The highest BCUT2D eigenvalue weighted by Gasteiger charge is 1.98. The summed E-state index contributed by atoms with van der Waals surface area (Å²) in [6, 6.07) is 3.86. The van der Waals surface area contributed by atoms with Crippen molar-refractivity contribution in [1.82, 2.24) is 0 Å². The molecule has 0 spiro atoms. The molecule has 0 saturated carbocycles. The lowest BCUT2D eigenvalue weighted by Crippen LogP contribution is -1.84. The van der Waals surface area contributed by atoms with Gasteiger partial charge in [0.2, 0.25) is 0 Å². The fourth-order valence-corrected chi connectivity index (χ4v) is 1.55. The molecular formula is C10H12O3S. The van der Waals surface area contributed by atoms with Crippen molar-refractivity contribution in [3.8, 4) is 0 Å². The van der Waals surface area contributed by atoms with E-state index >= 15 is 0 Å². The van der Waals surface area contributed by atoms with E-state index in [4.69, 9.17) is 9.52 Å². The van der Waals surface area contributed by atoms with E-state index in [1.165, 1.54) is 11.8 Å². The molecule has 0 fully saturated rings. The summed E-state index contributed by atoms with van der Waals surface area (Å²) in [6.45, 7) is 2.03. The van der Waals surface area contributed by atoms with Gasteiger partial charge in [0.25, 0.3) is 0 Å². The zero-order valence-electron chi connectivity index (χ0n) is 7.90. The van der Waals surface area contributed by atoms with Crippen molar-refractivity contribution in [2.45, 2.75) is 19.1 Å². The Bertz CT molecular complexity index is 328. The first-order chi connectivity index (χ1) is 6.72. The second kappa shape index (κ2) is 5.54. The molecule has 14 heavy (non-hydrogen) atoms. The topological polar surface area (TPSA) is 50.4 Å². The fraction of sp³-hybridized carbons (Fsp3) is 0.300. The Balaban J connectivity index is 2.34. The minimum Gasteiger partial charge on any atom is -0.478 e. The number of thioether (sulfide) groups is 1. The third-order valence-electron chi connectivity index (χ3n) is 1.60. The van der Waals surface area contributed by atoms with E-state index in [0.29, 0.717) is 5.75 Å². The van der Waals surface area contributed by atoms with Crippen LogP contribution in [0.4, 0.5) is 0 Å². The average Bonchev–Trinajstić information content (AvgIpc) is 2.60. The maximum atomic E-state index is 10.1. The van der Waals surface area contributed by atoms with Crippen molar-refractivity contribution in [2.75, 3.05) is 0 Å². The molecule has 0 aliphatic heterocycles. The summed E-state index contributed by atoms with van der Waals surface area (Å²) in [7, 11) is 0. The van der Waals surface area contributed by atoms with Gasteiger partial charge in [-0.1, -0.05) is 6.92 Å². The lowest BCUT2D eigenvalue weighted by Gasteiger charge is -1.91. The number of aryl methyl sites for hydroxylation is 1. The van der Waals surface area contributed by atoms with Crippen LogP contribution in [0.15, 0.2) is 28.0 Å². The Labute approximate surface area is 86.8 Å². The van der Waals surface area contributed by atoms with Crippen molar-refractivity contribution < 1.29 is 14.3 Å². The smallest absolute Gasteiger partial charge is 0.328 e. The third kappa shape index (κ3) is 3.70. The number of carbonyl (C=O) groups is 1. The van der Waals surface area contributed by atoms with Crippen LogP contribution in [0.25, 0.3) is 0 Å². The zero-order valence-corrected chi connectivity index (χ0v) is 8.71. The maximum absolute atomic E-state index is 10.1. The van der Waals surface area contributed by atoms with Gasteiger partial charge >= 0.3 is 5.97 Å². The zero-order chi connectivity index (χ0) is 10.4. The predicted molar refractivity (Wildman–Crippen MR) is 56.2 cm³/mol. The van der Waals surface area contributed by atoms with Crippen LogP contribution in [-0.2, 0) is 17.0 Å². The van der Waals surface area contributed by atoms with Crippen LogP contribution in [0.1, 0.15) is 18.4 Å². The predicted octanol–water partition coefficient (Wildman–Crippen LogP) is 2.67. The lowest BCUT2D eigenvalue weighted by molar-refractivity contribution is -0.131. The molecule has 0 aliphatic carbocycles. The Morgan fingerprint density at radius 3 is 2.86 bits per heavy atom. The highest BCUT2D eigenvalue weighted by molar-refractivity contribution is 8.01. The molecule has 1 aromatic rings. The molecule has 0 aliphatic rings. The molecule has 1 rings (SSSR count). The summed E-state index contributed by atoms with van der Waals surface area (Å²) in [5.41, 5.74) is 0. The van der Waals surface area contributed by atoms with Crippen molar-refractivity contribution in [3.05, 3.63) is 35.1 Å². The summed E-state index contributed by atoms with van der Waals surface area (Å²) in [5.74, 6) is 1.58. The standard InChI is InChI=1S/C10H12O3S/c1-2-8-3-4-9(13-8)7-14-6-5-10(11)12/h3-6H,2,7H2,1H3,(H,11,12)/b6-5+. The Morgan fingerprint density at radius 2 is 2.29 bits per heavy atom. The van der Waals surface area contributed by atoms with Gasteiger partial charge in [0.1, 0.15) is 11.5 Å². The van der Waals surface area contributed by atoms with Crippen molar-refractivity contribution in [3.63, 3.8) is 0 Å². The first-order valence-corrected chi connectivity index (χ1v) is 5.36. The van der Waals surface area contributed by atoms with E-state index in [1.807, 2.05) is 19.1 Å². The highest BCUT2D eigenvalue weighted by Crippen LogP contribution is 2.16. The molecule has 3 nitrogen and oxygen atoms in total. The second-order valence-corrected chi connectivity index (χ2v) is 3.57. The molecule has 4 heteroatoms. The Morgan fingerprint density at radius 1 is 1.57 bits per heavy atom. The average molecular weight is 212 g/mol. The normalized spacial score (nSPS) is 10.9. The van der Waals surface area contributed by atoms with Crippen LogP contribution in [-0.4, -0.2) is 11.1 Å². The number of carboxylic acid groups (broad SMARTS) is 1. The van der Waals surface area contributed by atoms with Crippen LogP contribution in [0.2, 0.25) is 0 Å². The fourth-order valence-electron chi connectivity index (χ4n) is 0.926. The monoisotopic (exact) mass is 212 g/mol. The van der Waals surface area contributed by atoms with Crippen LogP contribution in [0, 0.1) is 0 Å². The number of aliphatic carboxylic acids is 1. The van der Waals surface area contributed by atoms with E-state index < -0.39 is 5.97 Å². The third-order valence-corrected chi connectivity index (χ3v) is 2.38. The largest absolute Gasteiger partial charge is 0.478 e. The first-order valence-electron chi connectivity index (χ1n) is 4.31. The molecule has 0 saturated heterocycles. The van der Waals surface area contributed by atoms with Crippen molar-refractivity contribution in [1.29, 1.82) is 0 Å². The number of hydrogen-bond acceptors (Lipinski definition) is 3. The summed E-state index contributed by atoms with van der Waals surface area (Å²) in [4.78, 5) is 10.1. The minimum absolute atomic E-state index is 0.670. The van der Waals surface area contributed by atoms with Gasteiger partial charge < -0.3 is 9.52 Å². The molecule has 76 valence electrons. The molecule has 1 heterocycles. The van der Waals surface area contributed by atoms with Crippen molar-refractivity contribution >= 4 is 17.7 Å². The summed E-state index contributed by atoms with van der Waals surface area (Å²) in [5, 5.41) is 9.88. The lowest BCUT2D eigenvalue weighted by atomic mass is 10.4. The van der Waals surface area contributed by atoms with Gasteiger partial charge in [0.15, 0.2) is 0 Å². The van der Waals surface area contributed by atoms with Crippen LogP contribution < -0.4 is 0 Å². The molecule has 0 unspecified atom stereocenters. The van der Waals surface area contributed by atoms with E-state index in [9.17, 15) is 4.79 Å². The van der Waals surface area contributed by atoms with E-state index in [1.54, 1.807) is 5.41 Å². The summed E-state index contributed by atoms with van der Waals surface area (Å²) in [6.07, 6.45) is 2.00. The Hall–Kier alpha value is -1.16.